The second-order valence-electron chi connectivity index (χ2n) is 8.30. The molecule has 0 radical (unpaired) electrons. The van der Waals surface area contributed by atoms with Crippen molar-refractivity contribution >= 4 is 0 Å². The molecule has 1 aliphatic carbocycles. The van der Waals surface area contributed by atoms with Gasteiger partial charge in [0.25, 0.3) is 0 Å². The Morgan fingerprint density at radius 1 is 0.710 bits per heavy atom. The van der Waals surface area contributed by atoms with E-state index in [1.54, 1.807) is 0 Å². The maximum absolute atomic E-state index is 10.9. The van der Waals surface area contributed by atoms with Crippen LogP contribution in [-0.4, -0.2) is 129 Å². The van der Waals surface area contributed by atoms with Crippen molar-refractivity contribution in [1.82, 2.24) is 0 Å². The van der Waals surface area contributed by atoms with Gasteiger partial charge in [0.05, 0.1) is 12.6 Å². The largest absolute Gasteiger partial charge is 0.394 e. The Labute approximate surface area is 178 Å². The van der Waals surface area contributed by atoms with E-state index in [9.17, 15) is 30.6 Å². The topological polar surface area (TPSA) is 262 Å². The molecule has 3 aliphatic rings. The van der Waals surface area contributed by atoms with Crippen LogP contribution in [0.3, 0.4) is 0 Å². The average molecular weight is 454 g/mol. The summed E-state index contributed by atoms with van der Waals surface area (Å²) in [4.78, 5) is 0. The van der Waals surface area contributed by atoms with Crippen LogP contribution >= 0.6 is 0 Å². The molecule has 0 aromatic rings. The zero-order valence-corrected chi connectivity index (χ0v) is 16.8. The summed E-state index contributed by atoms with van der Waals surface area (Å²) < 4.78 is 22.2. The maximum Gasteiger partial charge on any atom is 0.187 e. The van der Waals surface area contributed by atoms with Crippen molar-refractivity contribution in [2.24, 2.45) is 22.9 Å². The molecule has 1 saturated carbocycles. The lowest BCUT2D eigenvalue weighted by Crippen LogP contribution is -2.67. The Balaban J connectivity index is 1.70. The fraction of sp³-hybridized carbons (Fsp3) is 1.00. The van der Waals surface area contributed by atoms with Crippen LogP contribution in [0.4, 0.5) is 0 Å². The highest BCUT2D eigenvalue weighted by Gasteiger charge is 2.51. The third kappa shape index (κ3) is 4.87. The van der Waals surface area contributed by atoms with E-state index in [0.29, 0.717) is 0 Å². The van der Waals surface area contributed by atoms with Gasteiger partial charge in [-0.2, -0.15) is 0 Å². The Hall–Kier alpha value is -0.560. The summed E-state index contributed by atoms with van der Waals surface area (Å²) in [6, 6.07) is -2.71. The fourth-order valence-electron chi connectivity index (χ4n) is 4.20. The molecule has 2 heterocycles. The van der Waals surface area contributed by atoms with Crippen LogP contribution in [0.25, 0.3) is 0 Å². The molecule has 0 spiro atoms. The molecule has 14 nitrogen and oxygen atoms in total. The molecule has 2 aliphatic heterocycles. The Bertz CT molecular complexity index is 591. The Kier molecular flexibility index (Phi) is 8.21. The highest BCUT2D eigenvalue weighted by Crippen LogP contribution is 2.31. The van der Waals surface area contributed by atoms with Crippen molar-refractivity contribution < 1.29 is 49.6 Å². The van der Waals surface area contributed by atoms with Crippen molar-refractivity contribution in [3.05, 3.63) is 0 Å². The van der Waals surface area contributed by atoms with E-state index in [1.807, 2.05) is 0 Å². The molecule has 14 heteroatoms. The van der Waals surface area contributed by atoms with Crippen LogP contribution in [0.15, 0.2) is 0 Å². The summed E-state index contributed by atoms with van der Waals surface area (Å²) in [6.07, 6.45) is -13.6. The second-order valence-corrected chi connectivity index (χ2v) is 8.30. The normalized spacial score (nSPS) is 53.6. The SMILES string of the molecule is NC[C@H]1O[C@@H](O[C@H]2C(O)[C@H](O[C@H]3OC(CO)[C@@H](O)C(O)[C@@H]3N)C(N)C[C@H]2N)C(O)[C@H]1O. The minimum Gasteiger partial charge on any atom is -0.394 e. The van der Waals surface area contributed by atoms with Crippen molar-refractivity contribution in [2.45, 2.75) is 92.1 Å². The second kappa shape index (κ2) is 10.1. The molecule has 14 N–H and O–H groups in total. The number of nitrogens with two attached hydrogens (primary N) is 4. The van der Waals surface area contributed by atoms with Crippen LogP contribution in [0.1, 0.15) is 6.42 Å². The third-order valence-electron chi connectivity index (χ3n) is 6.12. The predicted octanol–water partition coefficient (Wildman–Crippen LogP) is -6.65. The lowest BCUT2D eigenvalue weighted by Gasteiger charge is -2.46. The molecular formula is C17H34N4O10. The van der Waals surface area contributed by atoms with E-state index >= 15 is 0 Å². The van der Waals surface area contributed by atoms with Gasteiger partial charge in [0.2, 0.25) is 0 Å². The average Bonchev–Trinajstić information content (AvgIpc) is 3.01. The van der Waals surface area contributed by atoms with Gasteiger partial charge >= 0.3 is 0 Å². The number of rotatable bonds is 6. The van der Waals surface area contributed by atoms with Gasteiger partial charge in [0.15, 0.2) is 12.6 Å². The minimum absolute atomic E-state index is 0.0505. The molecule has 0 aromatic carbocycles. The molecule has 3 fully saturated rings. The number of aliphatic hydroxyl groups excluding tert-OH is 6. The van der Waals surface area contributed by atoms with Crippen LogP contribution < -0.4 is 22.9 Å². The zero-order valence-electron chi connectivity index (χ0n) is 16.8. The fourth-order valence-corrected chi connectivity index (χ4v) is 4.20. The van der Waals surface area contributed by atoms with Gasteiger partial charge in [-0.15, -0.1) is 0 Å². The van der Waals surface area contributed by atoms with Crippen LogP contribution in [0, 0.1) is 0 Å². The standard InChI is InChI=1S/C17H34N4O10/c18-2-6-9(23)12(26)17(28-6)31-15-5(20)1-4(19)14(13(15)27)30-16-8(21)11(25)10(24)7(3-22)29-16/h4-17,22-27H,1-3,18-21H2/t4?,5-,6-,7?,8+,9+,10-,11?,12?,13?,14-,15-,16-,17+/m1/s1. The molecule has 0 bridgehead atoms. The summed E-state index contributed by atoms with van der Waals surface area (Å²) >= 11 is 0. The third-order valence-corrected chi connectivity index (χ3v) is 6.12. The van der Waals surface area contributed by atoms with Gasteiger partial charge in [0.1, 0.15) is 54.9 Å². The van der Waals surface area contributed by atoms with Crippen LogP contribution in [0.5, 0.6) is 0 Å². The number of hydrogen-bond donors (Lipinski definition) is 10. The monoisotopic (exact) mass is 454 g/mol. The molecule has 0 amide bonds. The molecule has 5 unspecified atom stereocenters. The maximum atomic E-state index is 10.9. The van der Waals surface area contributed by atoms with Gasteiger partial charge in [-0.05, 0) is 6.42 Å². The van der Waals surface area contributed by atoms with Gasteiger partial charge < -0.3 is 72.5 Å². The molecule has 0 aromatic heterocycles. The molecular weight excluding hydrogens is 420 g/mol. The number of hydrogen-bond acceptors (Lipinski definition) is 14. The summed E-state index contributed by atoms with van der Waals surface area (Å²) in [5, 5.41) is 60.3. The van der Waals surface area contributed by atoms with E-state index in [4.69, 9.17) is 41.9 Å². The quantitative estimate of drug-likeness (QED) is 0.179. The molecule has 2 saturated heterocycles. The summed E-state index contributed by atoms with van der Waals surface area (Å²) in [6.45, 7) is -0.646. The van der Waals surface area contributed by atoms with Crippen molar-refractivity contribution in [3.63, 3.8) is 0 Å². The molecule has 182 valence electrons. The van der Waals surface area contributed by atoms with E-state index in [0.717, 1.165) is 0 Å². The first-order chi connectivity index (χ1) is 14.6. The van der Waals surface area contributed by atoms with Gasteiger partial charge in [-0.3, -0.25) is 0 Å². The molecule has 3 rings (SSSR count). The van der Waals surface area contributed by atoms with Crippen molar-refractivity contribution in [3.8, 4) is 0 Å². The first-order valence-corrected chi connectivity index (χ1v) is 10.2. The summed E-state index contributed by atoms with van der Waals surface area (Å²) in [5.41, 5.74) is 23.6. The summed E-state index contributed by atoms with van der Waals surface area (Å²) in [7, 11) is 0. The summed E-state index contributed by atoms with van der Waals surface area (Å²) in [5.74, 6) is 0. The minimum atomic E-state index is -1.45. The predicted molar refractivity (Wildman–Crippen MR) is 102 cm³/mol. The van der Waals surface area contributed by atoms with E-state index in [2.05, 4.69) is 0 Å². The van der Waals surface area contributed by atoms with E-state index in [-0.39, 0.29) is 13.0 Å². The van der Waals surface area contributed by atoms with E-state index < -0.39 is 92.2 Å². The first-order valence-electron chi connectivity index (χ1n) is 10.2. The van der Waals surface area contributed by atoms with E-state index in [1.165, 1.54) is 0 Å². The Morgan fingerprint density at radius 2 is 1.23 bits per heavy atom. The zero-order chi connectivity index (χ0) is 23.0. The number of aliphatic hydroxyl groups is 6. The first kappa shape index (κ1) is 25.1. The van der Waals surface area contributed by atoms with Crippen molar-refractivity contribution in [1.29, 1.82) is 0 Å². The lowest BCUT2D eigenvalue weighted by molar-refractivity contribution is -0.301. The van der Waals surface area contributed by atoms with Gasteiger partial charge in [-0.1, -0.05) is 0 Å². The smallest absolute Gasteiger partial charge is 0.187 e. The van der Waals surface area contributed by atoms with Crippen LogP contribution in [-0.2, 0) is 18.9 Å². The van der Waals surface area contributed by atoms with Gasteiger partial charge in [0, 0.05) is 18.6 Å². The highest BCUT2D eigenvalue weighted by atomic mass is 16.7. The van der Waals surface area contributed by atoms with Gasteiger partial charge in [-0.25, -0.2) is 0 Å². The highest BCUT2D eigenvalue weighted by molar-refractivity contribution is 5.01. The lowest BCUT2D eigenvalue weighted by atomic mass is 9.84. The molecule has 31 heavy (non-hydrogen) atoms. The van der Waals surface area contributed by atoms with Crippen molar-refractivity contribution in [2.75, 3.05) is 13.2 Å². The molecule has 14 atom stereocenters. The Morgan fingerprint density at radius 3 is 1.74 bits per heavy atom. The number of ether oxygens (including phenoxy) is 4. The van der Waals surface area contributed by atoms with Crippen LogP contribution in [0.2, 0.25) is 0 Å².